The van der Waals surface area contributed by atoms with Gasteiger partial charge in [-0.2, -0.15) is 0 Å². The maximum absolute atomic E-state index is 11.4. The lowest BCUT2D eigenvalue weighted by Crippen LogP contribution is -2.16. The zero-order valence-corrected chi connectivity index (χ0v) is 13.1. The Labute approximate surface area is 129 Å². The van der Waals surface area contributed by atoms with Crippen molar-refractivity contribution in [3.8, 4) is 0 Å². The molecule has 21 heavy (non-hydrogen) atoms. The van der Waals surface area contributed by atoms with Crippen LogP contribution >= 0.6 is 11.3 Å². The van der Waals surface area contributed by atoms with Gasteiger partial charge in [0.2, 0.25) is 5.91 Å². The van der Waals surface area contributed by atoms with Crippen LogP contribution in [0, 0.1) is 0 Å². The molecule has 0 aliphatic rings. The van der Waals surface area contributed by atoms with Crippen LogP contribution in [0.15, 0.2) is 36.4 Å². The summed E-state index contributed by atoms with van der Waals surface area (Å²) in [4.78, 5) is 14.1. The minimum Gasteiger partial charge on any atom is -0.380 e. The zero-order chi connectivity index (χ0) is 15.1. The van der Waals surface area contributed by atoms with Crippen LogP contribution in [0.5, 0.6) is 0 Å². The molecular formula is C16H20N2O2S. The van der Waals surface area contributed by atoms with Gasteiger partial charge in [-0.15, -0.1) is 11.3 Å². The fraction of sp³-hybridized carbons (Fsp3) is 0.312. The number of benzene rings is 1. The van der Waals surface area contributed by atoms with Crippen LogP contribution in [0.3, 0.4) is 0 Å². The van der Waals surface area contributed by atoms with Crippen molar-refractivity contribution < 1.29 is 9.53 Å². The highest BCUT2D eigenvalue weighted by atomic mass is 32.1. The first-order chi connectivity index (χ1) is 10.2. The van der Waals surface area contributed by atoms with Gasteiger partial charge in [0.05, 0.1) is 0 Å². The van der Waals surface area contributed by atoms with E-state index >= 15 is 0 Å². The van der Waals surface area contributed by atoms with E-state index in [-0.39, 0.29) is 12.5 Å². The summed E-state index contributed by atoms with van der Waals surface area (Å²) in [6, 6.07) is 12.0. The third kappa shape index (κ3) is 4.88. The number of hydrogen-bond acceptors (Lipinski definition) is 4. The number of aryl methyl sites for hydroxylation is 1. The van der Waals surface area contributed by atoms with Crippen molar-refractivity contribution in [2.45, 2.75) is 19.9 Å². The Bertz CT molecular complexity index is 578. The van der Waals surface area contributed by atoms with Crippen molar-refractivity contribution in [1.82, 2.24) is 0 Å². The number of hydrogen-bond donors (Lipinski definition) is 2. The van der Waals surface area contributed by atoms with Gasteiger partial charge in [-0.3, -0.25) is 4.79 Å². The molecule has 1 aromatic carbocycles. The van der Waals surface area contributed by atoms with Crippen molar-refractivity contribution in [2.24, 2.45) is 0 Å². The summed E-state index contributed by atoms with van der Waals surface area (Å²) in [5.74, 6) is -0.149. The van der Waals surface area contributed by atoms with E-state index in [4.69, 9.17) is 4.74 Å². The molecule has 1 heterocycles. The lowest BCUT2D eigenvalue weighted by molar-refractivity contribution is -0.119. The number of anilines is 2. The predicted octanol–water partition coefficient (Wildman–Crippen LogP) is 3.51. The van der Waals surface area contributed by atoms with Crippen molar-refractivity contribution in [2.75, 3.05) is 24.4 Å². The third-order valence-electron chi connectivity index (χ3n) is 2.98. The Balaban J connectivity index is 1.85. The molecule has 0 aliphatic heterocycles. The van der Waals surface area contributed by atoms with Gasteiger partial charge in [-0.1, -0.05) is 6.92 Å². The molecule has 112 valence electrons. The van der Waals surface area contributed by atoms with Gasteiger partial charge < -0.3 is 15.4 Å². The minimum atomic E-state index is -0.149. The van der Waals surface area contributed by atoms with Crippen molar-refractivity contribution in [3.05, 3.63) is 46.2 Å². The normalized spacial score (nSPS) is 10.4. The van der Waals surface area contributed by atoms with Crippen LogP contribution in [0.1, 0.15) is 16.7 Å². The molecule has 0 atom stereocenters. The smallest absolute Gasteiger partial charge is 0.250 e. The van der Waals surface area contributed by atoms with Crippen LogP contribution in [-0.2, 0) is 22.5 Å². The molecule has 0 bridgehead atoms. The Morgan fingerprint density at radius 2 is 1.76 bits per heavy atom. The van der Waals surface area contributed by atoms with Crippen molar-refractivity contribution in [3.63, 3.8) is 0 Å². The van der Waals surface area contributed by atoms with E-state index < -0.39 is 0 Å². The van der Waals surface area contributed by atoms with Gasteiger partial charge in [-0.25, -0.2) is 0 Å². The third-order valence-corrected chi connectivity index (χ3v) is 4.21. The number of carbonyl (C=O) groups is 1. The summed E-state index contributed by atoms with van der Waals surface area (Å²) < 4.78 is 4.78. The molecule has 5 heteroatoms. The molecule has 2 N–H and O–H groups in total. The molecule has 0 saturated carbocycles. The number of methoxy groups -OCH3 is 1. The summed E-state index contributed by atoms with van der Waals surface area (Å²) in [7, 11) is 1.50. The molecule has 0 aliphatic carbocycles. The molecule has 1 amide bonds. The maximum atomic E-state index is 11.4. The second-order valence-electron chi connectivity index (χ2n) is 4.63. The maximum Gasteiger partial charge on any atom is 0.250 e. The van der Waals surface area contributed by atoms with Gasteiger partial charge in [0, 0.05) is 34.8 Å². The van der Waals surface area contributed by atoms with Crippen molar-refractivity contribution >= 4 is 28.6 Å². The second kappa shape index (κ2) is 7.81. The number of carbonyl (C=O) groups excluding carboxylic acids is 1. The van der Waals surface area contributed by atoms with Crippen LogP contribution in [-0.4, -0.2) is 19.6 Å². The van der Waals surface area contributed by atoms with Gasteiger partial charge in [0.1, 0.15) is 6.61 Å². The molecule has 0 fully saturated rings. The fourth-order valence-electron chi connectivity index (χ4n) is 1.90. The quantitative estimate of drug-likeness (QED) is 0.823. The van der Waals surface area contributed by atoms with E-state index in [1.54, 1.807) is 0 Å². The molecule has 0 unspecified atom stereocenters. The highest BCUT2D eigenvalue weighted by Gasteiger charge is 2.02. The average Bonchev–Trinajstić information content (AvgIpc) is 2.95. The van der Waals surface area contributed by atoms with E-state index in [1.165, 1.54) is 16.9 Å². The second-order valence-corrected chi connectivity index (χ2v) is 5.89. The largest absolute Gasteiger partial charge is 0.380 e. The molecule has 0 radical (unpaired) electrons. The summed E-state index contributed by atoms with van der Waals surface area (Å²) >= 11 is 1.84. The summed E-state index contributed by atoms with van der Waals surface area (Å²) in [6.07, 6.45) is 1.08. The zero-order valence-electron chi connectivity index (χ0n) is 12.3. The Morgan fingerprint density at radius 3 is 2.38 bits per heavy atom. The van der Waals surface area contributed by atoms with Gasteiger partial charge in [0.25, 0.3) is 0 Å². The molecular weight excluding hydrogens is 284 g/mol. The molecule has 0 spiro atoms. The minimum absolute atomic E-state index is 0.0676. The average molecular weight is 304 g/mol. The number of rotatable bonds is 7. The number of thiophene rings is 1. The van der Waals surface area contributed by atoms with Crippen molar-refractivity contribution in [1.29, 1.82) is 0 Å². The SMILES string of the molecule is CCc1ccc(CNc2ccc(NC(=O)COC)cc2)s1. The molecule has 4 nitrogen and oxygen atoms in total. The van der Waals surface area contributed by atoms with Crippen LogP contribution in [0.2, 0.25) is 0 Å². The topological polar surface area (TPSA) is 50.4 Å². The van der Waals surface area contributed by atoms with E-state index in [1.807, 2.05) is 35.6 Å². The molecule has 0 saturated heterocycles. The first kappa shape index (κ1) is 15.5. The van der Waals surface area contributed by atoms with E-state index in [0.717, 1.165) is 24.3 Å². The highest BCUT2D eigenvalue weighted by Crippen LogP contribution is 2.19. The Kier molecular flexibility index (Phi) is 5.78. The van der Waals surface area contributed by atoms with Gasteiger partial charge in [-0.05, 0) is 42.8 Å². The van der Waals surface area contributed by atoms with E-state index in [0.29, 0.717) is 0 Å². The van der Waals surface area contributed by atoms with Gasteiger partial charge >= 0.3 is 0 Å². The lowest BCUT2D eigenvalue weighted by Gasteiger charge is -2.07. The van der Waals surface area contributed by atoms with E-state index in [2.05, 4.69) is 29.7 Å². The lowest BCUT2D eigenvalue weighted by atomic mass is 10.2. The summed E-state index contributed by atoms with van der Waals surface area (Å²) in [5, 5.41) is 6.14. The first-order valence-electron chi connectivity index (χ1n) is 6.91. The predicted molar refractivity (Wildman–Crippen MR) is 88.0 cm³/mol. The Hall–Kier alpha value is -1.85. The highest BCUT2D eigenvalue weighted by molar-refractivity contribution is 7.12. The van der Waals surface area contributed by atoms with E-state index in [9.17, 15) is 4.79 Å². The molecule has 2 aromatic rings. The number of nitrogens with one attached hydrogen (secondary N) is 2. The monoisotopic (exact) mass is 304 g/mol. The molecule has 1 aromatic heterocycles. The fourth-order valence-corrected chi connectivity index (χ4v) is 2.79. The number of amides is 1. The summed E-state index contributed by atoms with van der Waals surface area (Å²) in [5.41, 5.74) is 1.80. The first-order valence-corrected chi connectivity index (χ1v) is 7.73. The summed E-state index contributed by atoms with van der Waals surface area (Å²) in [6.45, 7) is 3.05. The van der Waals surface area contributed by atoms with Crippen LogP contribution in [0.25, 0.3) is 0 Å². The Morgan fingerprint density at radius 1 is 1.10 bits per heavy atom. The van der Waals surface area contributed by atoms with Crippen LogP contribution in [0.4, 0.5) is 11.4 Å². The number of ether oxygens (including phenoxy) is 1. The molecule has 2 rings (SSSR count). The van der Waals surface area contributed by atoms with Gasteiger partial charge in [0.15, 0.2) is 0 Å². The van der Waals surface area contributed by atoms with Crippen LogP contribution < -0.4 is 10.6 Å². The standard InChI is InChI=1S/C16H20N2O2S/c1-3-14-8-9-15(21-14)10-17-12-4-6-13(7-5-12)18-16(19)11-20-2/h4-9,17H,3,10-11H2,1-2H3,(H,18,19).